The van der Waals surface area contributed by atoms with Crippen LogP contribution in [0.1, 0.15) is 18.2 Å². The van der Waals surface area contributed by atoms with Gasteiger partial charge in [-0.3, -0.25) is 19.8 Å². The molecule has 11 heteroatoms. The van der Waals surface area contributed by atoms with Crippen LogP contribution in [0.15, 0.2) is 45.0 Å². The standard InChI is InChI=1S/C20H17BrN2O8/c1-2-29-15-8-11(7-14(21)17(15)31-10-16(24)25)6-13-18(26)22-20(28)23(19(13)27)9-12-4-3-5-30-12/h3-8H,2,9-10H2,1H3,(H,24,25)(H,22,26,28)/b13-6+. The van der Waals surface area contributed by atoms with E-state index in [1.807, 2.05) is 0 Å². The van der Waals surface area contributed by atoms with Gasteiger partial charge in [0.2, 0.25) is 0 Å². The van der Waals surface area contributed by atoms with Crippen molar-refractivity contribution < 1.29 is 38.2 Å². The van der Waals surface area contributed by atoms with E-state index < -0.39 is 30.4 Å². The van der Waals surface area contributed by atoms with Crippen LogP contribution in [0.3, 0.4) is 0 Å². The van der Waals surface area contributed by atoms with Crippen molar-refractivity contribution in [2.75, 3.05) is 13.2 Å². The van der Waals surface area contributed by atoms with Crippen LogP contribution in [0.5, 0.6) is 11.5 Å². The second kappa shape index (κ2) is 9.47. The van der Waals surface area contributed by atoms with Crippen LogP contribution in [0, 0.1) is 0 Å². The van der Waals surface area contributed by atoms with E-state index >= 15 is 0 Å². The molecule has 0 aliphatic carbocycles. The fraction of sp³-hybridized carbons (Fsp3) is 0.200. The molecule has 0 saturated carbocycles. The summed E-state index contributed by atoms with van der Waals surface area (Å²) in [6, 6.07) is 5.39. The number of carbonyl (C=O) groups excluding carboxylic acids is 3. The summed E-state index contributed by atoms with van der Waals surface area (Å²) in [7, 11) is 0. The number of carboxylic acid groups (broad SMARTS) is 1. The Bertz CT molecular complexity index is 1060. The summed E-state index contributed by atoms with van der Waals surface area (Å²) in [6.07, 6.45) is 2.71. The number of halogens is 1. The molecular weight excluding hydrogens is 476 g/mol. The molecule has 2 N–H and O–H groups in total. The number of benzene rings is 1. The first-order valence-corrected chi connectivity index (χ1v) is 9.81. The lowest BCUT2D eigenvalue weighted by Gasteiger charge is -2.25. The van der Waals surface area contributed by atoms with Gasteiger partial charge in [-0.1, -0.05) is 0 Å². The molecule has 1 aromatic heterocycles. The van der Waals surface area contributed by atoms with Gasteiger partial charge >= 0.3 is 12.0 Å². The number of carboxylic acids is 1. The molecule has 1 saturated heterocycles. The number of furan rings is 1. The Kier molecular flexibility index (Phi) is 6.75. The van der Waals surface area contributed by atoms with E-state index in [0.717, 1.165) is 4.90 Å². The van der Waals surface area contributed by atoms with Crippen molar-refractivity contribution in [2.45, 2.75) is 13.5 Å². The second-order valence-electron chi connectivity index (χ2n) is 6.23. The normalized spacial score (nSPS) is 15.2. The average molecular weight is 493 g/mol. The zero-order valence-corrected chi connectivity index (χ0v) is 17.8. The Morgan fingerprint density at radius 3 is 2.71 bits per heavy atom. The summed E-state index contributed by atoms with van der Waals surface area (Å²) in [4.78, 5) is 48.9. The lowest BCUT2D eigenvalue weighted by Crippen LogP contribution is -2.53. The lowest BCUT2D eigenvalue weighted by molar-refractivity contribution is -0.139. The fourth-order valence-corrected chi connectivity index (χ4v) is 3.34. The molecule has 4 amide bonds. The number of hydrogen-bond acceptors (Lipinski definition) is 7. The molecule has 2 aromatic rings. The molecular formula is C20H17BrN2O8. The highest BCUT2D eigenvalue weighted by atomic mass is 79.9. The number of nitrogens with one attached hydrogen (secondary N) is 1. The first-order chi connectivity index (χ1) is 14.8. The van der Waals surface area contributed by atoms with Crippen molar-refractivity contribution in [3.8, 4) is 11.5 Å². The van der Waals surface area contributed by atoms with Crippen LogP contribution in [0.2, 0.25) is 0 Å². The quantitative estimate of drug-likeness (QED) is 0.423. The van der Waals surface area contributed by atoms with Gasteiger partial charge in [0, 0.05) is 0 Å². The maximum absolute atomic E-state index is 12.8. The molecule has 1 fully saturated rings. The molecule has 31 heavy (non-hydrogen) atoms. The highest BCUT2D eigenvalue weighted by molar-refractivity contribution is 9.10. The van der Waals surface area contributed by atoms with Crippen molar-refractivity contribution in [1.82, 2.24) is 10.2 Å². The van der Waals surface area contributed by atoms with Crippen LogP contribution in [0.25, 0.3) is 6.08 Å². The number of carbonyl (C=O) groups is 4. The number of ether oxygens (including phenoxy) is 2. The van der Waals surface area contributed by atoms with Gasteiger partial charge in [0.1, 0.15) is 11.3 Å². The maximum atomic E-state index is 12.8. The minimum absolute atomic E-state index is 0.141. The Morgan fingerprint density at radius 1 is 1.29 bits per heavy atom. The Morgan fingerprint density at radius 2 is 2.06 bits per heavy atom. The Hall–Kier alpha value is -3.60. The summed E-state index contributed by atoms with van der Waals surface area (Å²) in [5, 5.41) is 11.0. The van der Waals surface area contributed by atoms with Gasteiger partial charge in [-0.2, -0.15) is 0 Å². The van der Waals surface area contributed by atoms with E-state index in [1.165, 1.54) is 24.5 Å². The summed E-state index contributed by atoms with van der Waals surface area (Å²) in [5.74, 6) is -2.03. The monoisotopic (exact) mass is 492 g/mol. The number of nitrogens with zero attached hydrogens (tertiary/aromatic N) is 1. The van der Waals surface area contributed by atoms with Crippen molar-refractivity contribution in [2.24, 2.45) is 0 Å². The van der Waals surface area contributed by atoms with Gasteiger partial charge in [0.25, 0.3) is 11.8 Å². The highest BCUT2D eigenvalue weighted by Crippen LogP contribution is 2.37. The van der Waals surface area contributed by atoms with Crippen molar-refractivity contribution in [3.63, 3.8) is 0 Å². The predicted molar refractivity (Wildman–Crippen MR) is 109 cm³/mol. The van der Waals surface area contributed by atoms with Gasteiger partial charge in [0.15, 0.2) is 18.1 Å². The SMILES string of the molecule is CCOc1cc(/C=C2\C(=O)NC(=O)N(Cc3ccco3)C2=O)cc(Br)c1OCC(=O)O. The van der Waals surface area contributed by atoms with E-state index in [2.05, 4.69) is 21.2 Å². The van der Waals surface area contributed by atoms with Crippen LogP contribution in [-0.4, -0.2) is 47.0 Å². The molecule has 0 atom stereocenters. The molecule has 0 unspecified atom stereocenters. The summed E-state index contributed by atoms with van der Waals surface area (Å²) in [5.41, 5.74) is 0.128. The summed E-state index contributed by atoms with van der Waals surface area (Å²) >= 11 is 3.28. The van der Waals surface area contributed by atoms with E-state index in [9.17, 15) is 19.2 Å². The van der Waals surface area contributed by atoms with Crippen LogP contribution in [0.4, 0.5) is 4.79 Å². The number of aliphatic carboxylic acids is 1. The molecule has 1 aromatic carbocycles. The number of imide groups is 2. The first-order valence-electron chi connectivity index (χ1n) is 9.02. The van der Waals surface area contributed by atoms with Gasteiger partial charge in [0.05, 0.1) is 23.9 Å². The van der Waals surface area contributed by atoms with Crippen LogP contribution in [-0.2, 0) is 20.9 Å². The van der Waals surface area contributed by atoms with E-state index in [0.29, 0.717) is 15.8 Å². The molecule has 0 spiro atoms. The molecule has 1 aliphatic rings. The molecule has 3 rings (SSSR count). The minimum atomic E-state index is -1.16. The predicted octanol–water partition coefficient (Wildman–Crippen LogP) is 2.57. The van der Waals surface area contributed by atoms with E-state index in [-0.39, 0.29) is 30.2 Å². The summed E-state index contributed by atoms with van der Waals surface area (Å²) in [6.45, 7) is 1.28. The zero-order valence-electron chi connectivity index (χ0n) is 16.2. The minimum Gasteiger partial charge on any atom is -0.490 e. The maximum Gasteiger partial charge on any atom is 0.341 e. The third-order valence-corrected chi connectivity index (χ3v) is 4.65. The number of barbiturate groups is 1. The smallest absolute Gasteiger partial charge is 0.341 e. The average Bonchev–Trinajstić information content (AvgIpc) is 3.21. The third-order valence-electron chi connectivity index (χ3n) is 4.06. The van der Waals surface area contributed by atoms with Gasteiger partial charge in [-0.25, -0.2) is 9.59 Å². The van der Waals surface area contributed by atoms with Crippen molar-refractivity contribution >= 4 is 45.8 Å². The molecule has 0 bridgehead atoms. The number of amides is 4. The van der Waals surface area contributed by atoms with Crippen molar-refractivity contribution in [1.29, 1.82) is 0 Å². The van der Waals surface area contributed by atoms with E-state index in [1.54, 1.807) is 19.1 Å². The van der Waals surface area contributed by atoms with Crippen LogP contribution >= 0.6 is 15.9 Å². The number of urea groups is 1. The van der Waals surface area contributed by atoms with Crippen molar-refractivity contribution in [3.05, 3.63) is 51.9 Å². The molecule has 0 radical (unpaired) electrons. The summed E-state index contributed by atoms with van der Waals surface area (Å²) < 4.78 is 16.3. The lowest BCUT2D eigenvalue weighted by atomic mass is 10.1. The fourth-order valence-electron chi connectivity index (χ4n) is 2.77. The zero-order chi connectivity index (χ0) is 22.5. The molecule has 2 heterocycles. The molecule has 162 valence electrons. The first kappa shape index (κ1) is 22.1. The Balaban J connectivity index is 1.94. The van der Waals surface area contributed by atoms with E-state index in [4.69, 9.17) is 19.0 Å². The largest absolute Gasteiger partial charge is 0.490 e. The van der Waals surface area contributed by atoms with Gasteiger partial charge in [-0.15, -0.1) is 0 Å². The Labute approximate surface area is 184 Å². The topological polar surface area (TPSA) is 135 Å². The number of rotatable bonds is 8. The van der Waals surface area contributed by atoms with Gasteiger partial charge in [-0.05, 0) is 58.8 Å². The van der Waals surface area contributed by atoms with Crippen LogP contribution < -0.4 is 14.8 Å². The third kappa shape index (κ3) is 5.12. The highest BCUT2D eigenvalue weighted by Gasteiger charge is 2.36. The molecule has 1 aliphatic heterocycles. The number of hydrogen-bond donors (Lipinski definition) is 2. The molecule has 10 nitrogen and oxygen atoms in total. The second-order valence-corrected chi connectivity index (χ2v) is 7.09. The van der Waals surface area contributed by atoms with Gasteiger partial charge < -0.3 is 19.0 Å².